The third-order valence-electron chi connectivity index (χ3n) is 5.03. The number of nitrogens with zero attached hydrogens (tertiary/aromatic N) is 5. The molecule has 1 unspecified atom stereocenters. The van der Waals surface area contributed by atoms with Gasteiger partial charge < -0.3 is 10.5 Å². The van der Waals surface area contributed by atoms with Crippen LogP contribution in [0.1, 0.15) is 30.0 Å². The second kappa shape index (κ2) is 7.88. The molecule has 0 bridgehead atoms. The first-order valence-electron chi connectivity index (χ1n) is 9.22. The minimum absolute atomic E-state index is 0.00588. The van der Waals surface area contributed by atoms with E-state index in [2.05, 4.69) is 26.3 Å². The van der Waals surface area contributed by atoms with Gasteiger partial charge in [0.2, 0.25) is 10.0 Å². The molecule has 3 aromatic heterocycles. The zero-order valence-corrected chi connectivity index (χ0v) is 18.2. The lowest BCUT2D eigenvalue weighted by Gasteiger charge is -2.30. The zero-order chi connectivity index (χ0) is 20.6. The summed E-state index contributed by atoms with van der Waals surface area (Å²) in [4.78, 5) is 4.74. The molecule has 1 N–H and O–H groups in total. The van der Waals surface area contributed by atoms with Crippen molar-refractivity contribution in [1.29, 1.82) is 0 Å². The maximum Gasteiger partial charge on any atom is 0.211 e. The van der Waals surface area contributed by atoms with Crippen molar-refractivity contribution >= 4 is 37.4 Å². The third kappa shape index (κ3) is 4.36. The molecule has 154 valence electrons. The number of anilines is 1. The quantitative estimate of drug-likeness (QED) is 0.441. The molecule has 1 aliphatic rings. The summed E-state index contributed by atoms with van der Waals surface area (Å²) < 4.78 is 28.7. The first-order valence-corrected chi connectivity index (χ1v) is 11.9. The molecule has 1 atom stereocenters. The van der Waals surface area contributed by atoms with Crippen LogP contribution in [0.15, 0.2) is 41.3 Å². The van der Waals surface area contributed by atoms with Crippen LogP contribution < -0.4 is 10.0 Å². The summed E-state index contributed by atoms with van der Waals surface area (Å²) in [5.74, 6) is 0.736. The van der Waals surface area contributed by atoms with Crippen LogP contribution in [0.25, 0.3) is 5.65 Å². The lowest BCUT2D eigenvalue weighted by atomic mass is 9.96. The molecule has 0 amide bonds. The molecular formula is C18H21BrN6O3S. The van der Waals surface area contributed by atoms with E-state index >= 15 is 0 Å². The molecule has 0 aromatic carbocycles. The number of nitrogens with one attached hydrogen (secondary N) is 1. The average Bonchev–Trinajstić information content (AvgIpc) is 3.07. The summed E-state index contributed by atoms with van der Waals surface area (Å²) in [6.07, 6.45) is 7.53. The van der Waals surface area contributed by atoms with Gasteiger partial charge in [-0.25, -0.2) is 17.7 Å². The van der Waals surface area contributed by atoms with Crippen LogP contribution in [-0.2, 0) is 16.6 Å². The first-order chi connectivity index (χ1) is 13.8. The lowest BCUT2D eigenvalue weighted by Crippen LogP contribution is -2.38. The Hall–Kier alpha value is -2.24. The monoisotopic (exact) mass is 480 g/mol. The molecule has 0 saturated carbocycles. The van der Waals surface area contributed by atoms with E-state index in [1.807, 2.05) is 12.1 Å². The molecule has 4 heterocycles. The number of sulfonamides is 1. The van der Waals surface area contributed by atoms with E-state index in [1.165, 1.54) is 23.0 Å². The minimum atomic E-state index is -3.24. The number of fused-ring (bicyclic) bond motifs is 1. The van der Waals surface area contributed by atoms with Crippen molar-refractivity contribution in [3.05, 3.63) is 57.7 Å². The zero-order valence-electron chi connectivity index (χ0n) is 15.8. The molecule has 0 aliphatic carbocycles. The Morgan fingerprint density at radius 3 is 3.03 bits per heavy atom. The molecule has 0 spiro atoms. The van der Waals surface area contributed by atoms with E-state index in [0.717, 1.165) is 39.1 Å². The Morgan fingerprint density at radius 2 is 2.28 bits per heavy atom. The van der Waals surface area contributed by atoms with Crippen molar-refractivity contribution < 1.29 is 13.1 Å². The van der Waals surface area contributed by atoms with Crippen molar-refractivity contribution in [2.75, 3.05) is 24.7 Å². The SMILES string of the molecule is CS(=O)(=O)N1CCCC(c2cc(NCc3ccc[n+]([O-])c3)n3ncc(Br)c3n2)C1. The molecule has 1 saturated heterocycles. The van der Waals surface area contributed by atoms with E-state index in [1.54, 1.807) is 16.8 Å². The van der Waals surface area contributed by atoms with Gasteiger partial charge in [0.1, 0.15) is 5.82 Å². The van der Waals surface area contributed by atoms with Gasteiger partial charge in [-0.1, -0.05) is 0 Å². The van der Waals surface area contributed by atoms with Crippen LogP contribution in [0, 0.1) is 5.21 Å². The predicted octanol–water partition coefficient (Wildman–Crippen LogP) is 1.88. The highest BCUT2D eigenvalue weighted by Gasteiger charge is 2.28. The minimum Gasteiger partial charge on any atom is -0.619 e. The maximum absolute atomic E-state index is 12.0. The van der Waals surface area contributed by atoms with Gasteiger partial charge in [-0.05, 0) is 34.8 Å². The second-order valence-electron chi connectivity index (χ2n) is 7.18. The van der Waals surface area contributed by atoms with E-state index in [9.17, 15) is 13.6 Å². The Bertz CT molecular complexity index is 1150. The molecular weight excluding hydrogens is 460 g/mol. The first kappa shape index (κ1) is 20.0. The van der Waals surface area contributed by atoms with Crippen LogP contribution in [-0.4, -0.2) is 46.7 Å². The Balaban J connectivity index is 1.66. The molecule has 3 aromatic rings. The smallest absolute Gasteiger partial charge is 0.211 e. The highest BCUT2D eigenvalue weighted by molar-refractivity contribution is 9.10. The summed E-state index contributed by atoms with van der Waals surface area (Å²) in [5, 5.41) is 19.2. The van der Waals surface area contributed by atoms with Crippen LogP contribution in [0.5, 0.6) is 0 Å². The maximum atomic E-state index is 12.0. The second-order valence-corrected chi connectivity index (χ2v) is 10.0. The number of rotatable bonds is 5. The fourth-order valence-corrected chi connectivity index (χ4v) is 4.83. The Morgan fingerprint density at radius 1 is 1.45 bits per heavy atom. The molecule has 1 aliphatic heterocycles. The van der Waals surface area contributed by atoms with Crippen molar-refractivity contribution in [2.24, 2.45) is 0 Å². The van der Waals surface area contributed by atoms with Crippen LogP contribution in [0.2, 0.25) is 0 Å². The van der Waals surface area contributed by atoms with Crippen LogP contribution in [0.4, 0.5) is 5.82 Å². The number of pyridine rings is 1. The van der Waals surface area contributed by atoms with Crippen molar-refractivity contribution in [2.45, 2.75) is 25.3 Å². The van der Waals surface area contributed by atoms with E-state index < -0.39 is 10.0 Å². The Kier molecular flexibility index (Phi) is 5.45. The van der Waals surface area contributed by atoms with Gasteiger partial charge in [0.25, 0.3) is 0 Å². The Labute approximate surface area is 177 Å². The summed E-state index contributed by atoms with van der Waals surface area (Å²) in [6, 6.07) is 5.48. The number of hydrogen-bond donors (Lipinski definition) is 1. The number of hydrogen-bond acceptors (Lipinski definition) is 6. The average molecular weight is 481 g/mol. The van der Waals surface area contributed by atoms with Gasteiger partial charge in [0, 0.05) is 43.2 Å². The number of aromatic nitrogens is 4. The highest BCUT2D eigenvalue weighted by Crippen LogP contribution is 2.30. The van der Waals surface area contributed by atoms with E-state index in [4.69, 9.17) is 4.98 Å². The molecule has 0 radical (unpaired) electrons. The standard InChI is InChI=1S/C18H21BrN6O3S/c1-29(27,28)24-7-3-5-14(12-24)16-8-17(25-18(22-16)15(19)10-21-25)20-9-13-4-2-6-23(26)11-13/h2,4,6,8,10-11,14,20H,3,5,7,9,12H2,1H3. The lowest BCUT2D eigenvalue weighted by molar-refractivity contribution is -0.605. The fourth-order valence-electron chi connectivity index (χ4n) is 3.57. The van der Waals surface area contributed by atoms with Crippen LogP contribution >= 0.6 is 15.9 Å². The summed E-state index contributed by atoms with van der Waals surface area (Å²) in [6.45, 7) is 1.41. The number of halogens is 1. The summed E-state index contributed by atoms with van der Waals surface area (Å²) >= 11 is 3.48. The van der Waals surface area contributed by atoms with Gasteiger partial charge in [-0.2, -0.15) is 14.3 Å². The normalized spacial score (nSPS) is 18.2. The fraction of sp³-hybridized carbons (Fsp3) is 0.389. The van der Waals surface area contributed by atoms with Gasteiger partial charge in [-0.3, -0.25) is 0 Å². The molecule has 4 rings (SSSR count). The van der Waals surface area contributed by atoms with E-state index in [-0.39, 0.29) is 5.92 Å². The molecule has 29 heavy (non-hydrogen) atoms. The number of piperidine rings is 1. The van der Waals surface area contributed by atoms with Gasteiger partial charge in [0.05, 0.1) is 22.6 Å². The predicted molar refractivity (Wildman–Crippen MR) is 112 cm³/mol. The van der Waals surface area contributed by atoms with Gasteiger partial charge in [0.15, 0.2) is 18.0 Å². The third-order valence-corrected chi connectivity index (χ3v) is 6.86. The molecule has 11 heteroatoms. The molecule has 1 fully saturated rings. The van der Waals surface area contributed by atoms with Crippen molar-refractivity contribution in [1.82, 2.24) is 18.9 Å². The van der Waals surface area contributed by atoms with Crippen molar-refractivity contribution in [3.8, 4) is 0 Å². The van der Waals surface area contributed by atoms with Crippen molar-refractivity contribution in [3.63, 3.8) is 0 Å². The van der Waals surface area contributed by atoms with Gasteiger partial charge >= 0.3 is 0 Å². The molecule has 9 nitrogen and oxygen atoms in total. The van der Waals surface area contributed by atoms with E-state index in [0.29, 0.717) is 25.3 Å². The van der Waals surface area contributed by atoms with Gasteiger partial charge in [-0.15, -0.1) is 0 Å². The highest BCUT2D eigenvalue weighted by atomic mass is 79.9. The summed E-state index contributed by atoms with van der Waals surface area (Å²) in [5.41, 5.74) is 2.32. The largest absolute Gasteiger partial charge is 0.619 e. The van der Waals surface area contributed by atoms with Crippen LogP contribution in [0.3, 0.4) is 0 Å². The summed E-state index contributed by atoms with van der Waals surface area (Å²) in [7, 11) is -3.24. The topological polar surface area (TPSA) is 107 Å².